The van der Waals surface area contributed by atoms with Crippen LogP contribution in [0.1, 0.15) is 168 Å². The second-order valence-electron chi connectivity index (χ2n) is 16.0. The van der Waals surface area contributed by atoms with Crippen LogP contribution in [0.25, 0.3) is 0 Å². The van der Waals surface area contributed by atoms with Gasteiger partial charge in [0.15, 0.2) is 6.10 Å². The molecule has 0 aromatic carbocycles. The Morgan fingerprint density at radius 3 is 1.69 bits per heavy atom. The Morgan fingerprint density at radius 2 is 1.10 bits per heavy atom. The fourth-order valence-electron chi connectivity index (χ4n) is 5.94. The van der Waals surface area contributed by atoms with E-state index in [2.05, 4.69) is 22.9 Å². The molecule has 16 heteroatoms. The molecule has 0 fully saturated rings. The highest BCUT2D eigenvalue weighted by Crippen LogP contribution is 2.43. The summed E-state index contributed by atoms with van der Waals surface area (Å²) in [5.74, 6) is -0.317. The first-order chi connectivity index (χ1) is 29.6. The fourth-order valence-corrected chi connectivity index (χ4v) is 7.10. The normalized spacial score (nSPS) is 15.1. The smallest absolute Gasteiger partial charge is 0.462 e. The van der Waals surface area contributed by atoms with Crippen LogP contribution in [-0.2, 0) is 41.8 Å². The quantitative estimate of drug-likeness (QED) is 0.0127. The van der Waals surface area contributed by atoms with Crippen molar-refractivity contribution < 1.29 is 66.7 Å². The summed E-state index contributed by atoms with van der Waals surface area (Å²) in [5, 5.41) is 19.5. The van der Waals surface area contributed by atoms with Crippen molar-refractivity contribution in [2.75, 3.05) is 26.4 Å². The number of ether oxygens (including phenoxy) is 2. The van der Waals surface area contributed by atoms with E-state index in [9.17, 15) is 33.8 Å². The molecule has 0 radical (unpaired) electrons. The molecule has 5 N–H and O–H groups in total. The first kappa shape index (κ1) is 59.8. The number of carbonyl (C=O) groups excluding carboxylic acids is 2. The number of allylic oxidation sites excluding steroid dienone is 8. The fraction of sp³-hybridized carbons (Fsp3) is 0.739. The molecule has 62 heavy (non-hydrogen) atoms. The van der Waals surface area contributed by atoms with Gasteiger partial charge in [-0.3, -0.25) is 23.2 Å². The molecule has 0 aliphatic rings. The van der Waals surface area contributed by atoms with Crippen LogP contribution in [0.3, 0.4) is 0 Å². The SMILES string of the molecule is CC/C=C\C(O)C/C=C/C=C\C/C=C\C/C=C\CCCC(=O)O[C@H](COC(=O)CCCCCCCCCCCCCCCCC(C)C)COP(=O)(O)OC[C@@H](O)COP(=O)(O)O. The van der Waals surface area contributed by atoms with Crippen LogP contribution >= 0.6 is 15.6 Å². The zero-order valence-corrected chi connectivity index (χ0v) is 39.8. The minimum atomic E-state index is -4.88. The zero-order chi connectivity index (χ0) is 46.2. The molecule has 360 valence electrons. The minimum Gasteiger partial charge on any atom is -0.462 e. The number of aliphatic hydroxyl groups excluding tert-OH is 2. The maximum Gasteiger partial charge on any atom is 0.472 e. The molecular formula is C46H82O14P2. The summed E-state index contributed by atoms with van der Waals surface area (Å²) in [5.41, 5.74) is 0. The topological polar surface area (TPSA) is 216 Å². The molecule has 0 heterocycles. The van der Waals surface area contributed by atoms with Crippen molar-refractivity contribution in [3.63, 3.8) is 0 Å². The molecule has 0 spiro atoms. The van der Waals surface area contributed by atoms with Crippen molar-refractivity contribution >= 4 is 27.6 Å². The number of rotatable bonds is 42. The summed E-state index contributed by atoms with van der Waals surface area (Å²) in [6, 6.07) is 0. The number of phosphoric acid groups is 2. The second-order valence-corrected chi connectivity index (χ2v) is 18.7. The number of esters is 2. The van der Waals surface area contributed by atoms with Crippen LogP contribution in [0.5, 0.6) is 0 Å². The molecule has 0 saturated heterocycles. The van der Waals surface area contributed by atoms with E-state index in [4.69, 9.17) is 23.8 Å². The van der Waals surface area contributed by atoms with Crippen molar-refractivity contribution in [1.82, 2.24) is 0 Å². The van der Waals surface area contributed by atoms with Gasteiger partial charge in [0.2, 0.25) is 0 Å². The Bertz CT molecular complexity index is 1360. The van der Waals surface area contributed by atoms with Gasteiger partial charge in [0.1, 0.15) is 12.7 Å². The first-order valence-corrected chi connectivity index (χ1v) is 26.0. The molecule has 0 aliphatic heterocycles. The Labute approximate surface area is 373 Å². The van der Waals surface area contributed by atoms with Crippen LogP contribution in [0, 0.1) is 5.92 Å². The van der Waals surface area contributed by atoms with Crippen molar-refractivity contribution in [2.45, 2.75) is 187 Å². The molecule has 0 amide bonds. The Morgan fingerprint density at radius 1 is 0.581 bits per heavy atom. The van der Waals surface area contributed by atoms with Gasteiger partial charge in [-0.25, -0.2) is 9.13 Å². The van der Waals surface area contributed by atoms with Gasteiger partial charge in [0.05, 0.1) is 25.9 Å². The lowest BCUT2D eigenvalue weighted by Gasteiger charge is -2.20. The van der Waals surface area contributed by atoms with E-state index in [-0.39, 0.29) is 12.8 Å². The second kappa shape index (κ2) is 40.3. The predicted octanol–water partition coefficient (Wildman–Crippen LogP) is 10.8. The van der Waals surface area contributed by atoms with E-state index in [0.717, 1.165) is 44.4 Å². The van der Waals surface area contributed by atoms with Crippen LogP contribution in [-0.4, -0.2) is 81.6 Å². The summed E-state index contributed by atoms with van der Waals surface area (Å²) in [6.45, 7) is 3.78. The maximum absolute atomic E-state index is 12.7. The molecule has 4 atom stereocenters. The van der Waals surface area contributed by atoms with Gasteiger partial charge in [-0.1, -0.05) is 171 Å². The molecule has 0 rings (SSSR count). The van der Waals surface area contributed by atoms with Gasteiger partial charge in [-0.05, 0) is 50.9 Å². The highest BCUT2D eigenvalue weighted by Gasteiger charge is 2.28. The van der Waals surface area contributed by atoms with Gasteiger partial charge in [0, 0.05) is 12.8 Å². The summed E-state index contributed by atoms with van der Waals surface area (Å²) in [7, 11) is -9.71. The summed E-state index contributed by atoms with van der Waals surface area (Å²) < 4.78 is 47.7. The highest BCUT2D eigenvalue weighted by atomic mass is 31.2. The molecule has 0 saturated carbocycles. The van der Waals surface area contributed by atoms with Crippen molar-refractivity contribution in [3.8, 4) is 0 Å². The maximum atomic E-state index is 12.7. The average molecular weight is 921 g/mol. The monoisotopic (exact) mass is 921 g/mol. The van der Waals surface area contributed by atoms with Gasteiger partial charge < -0.3 is 34.4 Å². The molecule has 0 bridgehead atoms. The zero-order valence-electron chi connectivity index (χ0n) is 38.0. The molecule has 0 aromatic rings. The number of unbranched alkanes of at least 4 members (excludes halogenated alkanes) is 14. The number of hydrogen-bond acceptors (Lipinski definition) is 11. The molecule has 0 aliphatic carbocycles. The Kier molecular flexibility index (Phi) is 38.9. The first-order valence-electron chi connectivity index (χ1n) is 22.9. The lowest BCUT2D eigenvalue weighted by Crippen LogP contribution is -2.29. The number of aliphatic hydroxyl groups is 2. The van der Waals surface area contributed by atoms with E-state index < -0.39 is 72.3 Å². The van der Waals surface area contributed by atoms with Crippen LogP contribution in [0.4, 0.5) is 0 Å². The Hall–Kier alpha value is -2.22. The average Bonchev–Trinajstić information content (AvgIpc) is 3.21. The third-order valence-corrected chi connectivity index (χ3v) is 10.8. The summed E-state index contributed by atoms with van der Waals surface area (Å²) >= 11 is 0. The summed E-state index contributed by atoms with van der Waals surface area (Å²) in [4.78, 5) is 52.7. The third kappa shape index (κ3) is 44.4. The van der Waals surface area contributed by atoms with Crippen LogP contribution < -0.4 is 0 Å². The Balaban J connectivity index is 4.60. The number of phosphoric ester groups is 2. The van der Waals surface area contributed by atoms with E-state index in [1.54, 1.807) is 6.08 Å². The van der Waals surface area contributed by atoms with Gasteiger partial charge in [0.25, 0.3) is 0 Å². The van der Waals surface area contributed by atoms with Crippen LogP contribution in [0.2, 0.25) is 0 Å². The largest absolute Gasteiger partial charge is 0.472 e. The lowest BCUT2D eigenvalue weighted by molar-refractivity contribution is -0.161. The van der Waals surface area contributed by atoms with E-state index in [1.807, 2.05) is 61.6 Å². The van der Waals surface area contributed by atoms with Gasteiger partial charge in [-0.15, -0.1) is 0 Å². The van der Waals surface area contributed by atoms with E-state index in [1.165, 1.54) is 70.6 Å². The van der Waals surface area contributed by atoms with Crippen molar-refractivity contribution in [2.24, 2.45) is 5.92 Å². The van der Waals surface area contributed by atoms with E-state index in [0.29, 0.717) is 25.7 Å². The van der Waals surface area contributed by atoms with Gasteiger partial charge >= 0.3 is 27.6 Å². The van der Waals surface area contributed by atoms with Gasteiger partial charge in [-0.2, -0.15) is 0 Å². The molecule has 14 nitrogen and oxygen atoms in total. The minimum absolute atomic E-state index is 0.0343. The number of carbonyl (C=O) groups is 2. The van der Waals surface area contributed by atoms with E-state index >= 15 is 0 Å². The standard InChI is InChI=1S/C46H82O14P2/c1-4-5-33-42(47)34-29-25-21-17-13-10-11-15-19-23-27-31-36-46(50)60-44(40-59-62(54,55)58-38-43(48)37-57-61(51,52)53)39-56-45(49)35-30-26-22-18-14-9-7-6-8-12-16-20-24-28-32-41(2)3/h5,10-11,17,19,21,23,25,29,33,41-44,47-48H,4,6-9,12-16,18,20,22,24,26-28,30-32,34-40H2,1-3H3,(H,54,55)(H2,51,52,53)/b11-10-,21-17-,23-19-,29-25+,33-5-/t42?,43-,44+/m0/s1. The van der Waals surface area contributed by atoms with Crippen LogP contribution in [0.15, 0.2) is 60.8 Å². The predicted molar refractivity (Wildman–Crippen MR) is 245 cm³/mol. The van der Waals surface area contributed by atoms with Crippen molar-refractivity contribution in [1.29, 1.82) is 0 Å². The summed E-state index contributed by atoms with van der Waals surface area (Å²) in [6.07, 6.45) is 38.5. The molecule has 0 aromatic heterocycles. The highest BCUT2D eigenvalue weighted by molar-refractivity contribution is 7.47. The van der Waals surface area contributed by atoms with Crippen molar-refractivity contribution in [3.05, 3.63) is 60.8 Å². The number of hydrogen-bond donors (Lipinski definition) is 5. The molecule has 2 unspecified atom stereocenters. The third-order valence-electron chi connectivity index (χ3n) is 9.41. The lowest BCUT2D eigenvalue weighted by atomic mass is 10.0. The molecular weight excluding hydrogens is 838 g/mol.